The van der Waals surface area contributed by atoms with Gasteiger partial charge in [-0.1, -0.05) is 11.6 Å². The van der Waals surface area contributed by atoms with Crippen LogP contribution < -0.4 is 4.74 Å². The number of carboxylic acids is 1. The Hall–Kier alpha value is -1.26. The SMILES string of the molecule is CCOc1cc(C)c(COCC(=O)O)cc1Cl. The van der Waals surface area contributed by atoms with Gasteiger partial charge in [-0.05, 0) is 37.1 Å². The number of carbonyl (C=O) groups is 1. The van der Waals surface area contributed by atoms with E-state index in [2.05, 4.69) is 0 Å². The monoisotopic (exact) mass is 258 g/mol. The fraction of sp³-hybridized carbons (Fsp3) is 0.417. The summed E-state index contributed by atoms with van der Waals surface area (Å²) >= 11 is 6.02. The van der Waals surface area contributed by atoms with Crippen LogP contribution >= 0.6 is 11.6 Å². The Morgan fingerprint density at radius 1 is 1.47 bits per heavy atom. The van der Waals surface area contributed by atoms with Gasteiger partial charge in [0.15, 0.2) is 0 Å². The zero-order valence-corrected chi connectivity index (χ0v) is 10.6. The van der Waals surface area contributed by atoms with Crippen molar-refractivity contribution in [1.29, 1.82) is 0 Å². The van der Waals surface area contributed by atoms with Gasteiger partial charge in [0, 0.05) is 0 Å². The molecule has 0 aliphatic carbocycles. The van der Waals surface area contributed by atoms with Gasteiger partial charge in [-0.15, -0.1) is 0 Å². The lowest BCUT2D eigenvalue weighted by Gasteiger charge is -2.11. The first-order valence-electron chi connectivity index (χ1n) is 5.26. The van der Waals surface area contributed by atoms with Gasteiger partial charge < -0.3 is 14.6 Å². The van der Waals surface area contributed by atoms with E-state index in [1.165, 1.54) is 0 Å². The summed E-state index contributed by atoms with van der Waals surface area (Å²) in [6.45, 7) is 4.25. The number of halogens is 1. The van der Waals surface area contributed by atoms with Crippen molar-refractivity contribution in [2.24, 2.45) is 0 Å². The number of benzene rings is 1. The second kappa shape index (κ2) is 6.47. The third-order valence-electron chi connectivity index (χ3n) is 2.17. The molecule has 94 valence electrons. The Balaban J connectivity index is 2.73. The molecule has 0 fully saturated rings. The van der Waals surface area contributed by atoms with Crippen molar-refractivity contribution >= 4 is 17.6 Å². The minimum Gasteiger partial charge on any atom is -0.492 e. The smallest absolute Gasteiger partial charge is 0.329 e. The first-order chi connectivity index (χ1) is 8.04. The average Bonchev–Trinajstić information content (AvgIpc) is 2.24. The first kappa shape index (κ1) is 13.8. The summed E-state index contributed by atoms with van der Waals surface area (Å²) in [4.78, 5) is 10.3. The van der Waals surface area contributed by atoms with E-state index in [-0.39, 0.29) is 13.2 Å². The van der Waals surface area contributed by atoms with Gasteiger partial charge in [-0.2, -0.15) is 0 Å². The molecule has 0 heterocycles. The highest BCUT2D eigenvalue weighted by Crippen LogP contribution is 2.28. The van der Waals surface area contributed by atoms with Crippen LogP contribution in [0.5, 0.6) is 5.75 Å². The van der Waals surface area contributed by atoms with Crippen LogP contribution in [0.4, 0.5) is 0 Å². The molecule has 0 spiro atoms. The summed E-state index contributed by atoms with van der Waals surface area (Å²) in [7, 11) is 0. The molecule has 0 radical (unpaired) electrons. The van der Waals surface area contributed by atoms with Crippen molar-refractivity contribution in [1.82, 2.24) is 0 Å². The van der Waals surface area contributed by atoms with Crippen molar-refractivity contribution in [3.05, 3.63) is 28.3 Å². The van der Waals surface area contributed by atoms with Crippen LogP contribution in [0.2, 0.25) is 5.02 Å². The molecule has 1 aromatic carbocycles. The Bertz CT molecular complexity index is 404. The first-order valence-corrected chi connectivity index (χ1v) is 5.63. The van der Waals surface area contributed by atoms with Crippen molar-refractivity contribution in [2.75, 3.05) is 13.2 Å². The average molecular weight is 259 g/mol. The molecule has 0 saturated carbocycles. The predicted molar refractivity (Wildman–Crippen MR) is 64.6 cm³/mol. The van der Waals surface area contributed by atoms with Gasteiger partial charge in [0.2, 0.25) is 0 Å². The van der Waals surface area contributed by atoms with Crippen LogP contribution in [0.25, 0.3) is 0 Å². The highest BCUT2D eigenvalue weighted by Gasteiger charge is 2.07. The van der Waals surface area contributed by atoms with Crippen molar-refractivity contribution < 1.29 is 19.4 Å². The second-order valence-electron chi connectivity index (χ2n) is 3.53. The standard InChI is InChI=1S/C12H15ClO4/c1-3-17-11-4-8(2)9(5-10(11)13)6-16-7-12(14)15/h4-5H,3,6-7H2,1-2H3,(H,14,15). The van der Waals surface area contributed by atoms with Crippen molar-refractivity contribution in [2.45, 2.75) is 20.5 Å². The van der Waals surface area contributed by atoms with Crippen LogP contribution in [0.3, 0.4) is 0 Å². The summed E-state index contributed by atoms with van der Waals surface area (Å²) in [5, 5.41) is 8.96. The zero-order chi connectivity index (χ0) is 12.8. The van der Waals surface area contributed by atoms with Gasteiger partial charge in [0.1, 0.15) is 12.4 Å². The lowest BCUT2D eigenvalue weighted by molar-refractivity contribution is -0.142. The van der Waals surface area contributed by atoms with Gasteiger partial charge >= 0.3 is 5.97 Å². The number of ether oxygens (including phenoxy) is 2. The molecule has 5 heteroatoms. The highest BCUT2D eigenvalue weighted by molar-refractivity contribution is 6.32. The molecule has 1 rings (SSSR count). The lowest BCUT2D eigenvalue weighted by Crippen LogP contribution is -2.07. The molecule has 17 heavy (non-hydrogen) atoms. The molecule has 0 aliphatic heterocycles. The molecule has 4 nitrogen and oxygen atoms in total. The molecule has 0 saturated heterocycles. The lowest BCUT2D eigenvalue weighted by atomic mass is 10.1. The molecule has 1 N–H and O–H groups in total. The third-order valence-corrected chi connectivity index (χ3v) is 2.47. The quantitative estimate of drug-likeness (QED) is 0.852. The largest absolute Gasteiger partial charge is 0.492 e. The number of aliphatic carboxylic acids is 1. The van der Waals surface area contributed by atoms with E-state index in [1.54, 1.807) is 6.07 Å². The van der Waals surface area contributed by atoms with Crippen LogP contribution in [0.1, 0.15) is 18.1 Å². The highest BCUT2D eigenvalue weighted by atomic mass is 35.5. The minimum atomic E-state index is -0.986. The summed E-state index contributed by atoms with van der Waals surface area (Å²) in [6.07, 6.45) is 0. The number of aryl methyl sites for hydroxylation is 1. The summed E-state index contributed by atoms with van der Waals surface area (Å²) in [6, 6.07) is 3.56. The summed E-state index contributed by atoms with van der Waals surface area (Å²) in [5.41, 5.74) is 1.82. The maximum absolute atomic E-state index is 10.3. The fourth-order valence-electron chi connectivity index (χ4n) is 1.37. The van der Waals surface area contributed by atoms with Gasteiger partial charge in [-0.3, -0.25) is 0 Å². The van der Waals surface area contributed by atoms with E-state index in [0.29, 0.717) is 17.4 Å². The van der Waals surface area contributed by atoms with Crippen LogP contribution in [0, 0.1) is 6.92 Å². The van der Waals surface area contributed by atoms with Gasteiger partial charge in [-0.25, -0.2) is 4.79 Å². The molecular formula is C12H15ClO4. The van der Waals surface area contributed by atoms with Gasteiger partial charge in [0.05, 0.1) is 18.2 Å². The van der Waals surface area contributed by atoms with E-state index < -0.39 is 5.97 Å². The Labute approximate surface area is 105 Å². The van der Waals surface area contributed by atoms with E-state index in [9.17, 15) is 4.79 Å². The van der Waals surface area contributed by atoms with Crippen LogP contribution in [-0.4, -0.2) is 24.3 Å². The molecule has 0 amide bonds. The topological polar surface area (TPSA) is 55.8 Å². The number of carboxylic acid groups (broad SMARTS) is 1. The molecule has 0 bridgehead atoms. The van der Waals surface area contributed by atoms with Gasteiger partial charge in [0.25, 0.3) is 0 Å². The minimum absolute atomic E-state index is 0.226. The molecule has 1 aromatic rings. The molecule has 0 aromatic heterocycles. The summed E-state index contributed by atoms with van der Waals surface area (Å²) < 4.78 is 10.4. The van der Waals surface area contributed by atoms with Crippen LogP contribution in [0.15, 0.2) is 12.1 Å². The van der Waals surface area contributed by atoms with E-state index in [4.69, 9.17) is 26.2 Å². The number of hydrogen-bond donors (Lipinski definition) is 1. The Morgan fingerprint density at radius 2 is 2.18 bits per heavy atom. The molecule has 0 unspecified atom stereocenters. The molecular weight excluding hydrogens is 244 g/mol. The molecule has 0 atom stereocenters. The van der Waals surface area contributed by atoms with Crippen LogP contribution in [-0.2, 0) is 16.1 Å². The Morgan fingerprint density at radius 3 is 2.76 bits per heavy atom. The van der Waals surface area contributed by atoms with E-state index in [0.717, 1.165) is 11.1 Å². The maximum atomic E-state index is 10.3. The maximum Gasteiger partial charge on any atom is 0.329 e. The Kier molecular flexibility index (Phi) is 5.25. The zero-order valence-electron chi connectivity index (χ0n) is 9.83. The van der Waals surface area contributed by atoms with E-state index in [1.807, 2.05) is 19.9 Å². The summed E-state index contributed by atoms with van der Waals surface area (Å²) in [5.74, 6) is -0.353. The molecule has 0 aliphatic rings. The van der Waals surface area contributed by atoms with Crippen molar-refractivity contribution in [3.63, 3.8) is 0 Å². The second-order valence-corrected chi connectivity index (χ2v) is 3.94. The normalized spacial score (nSPS) is 10.3. The number of hydrogen-bond acceptors (Lipinski definition) is 3. The van der Waals surface area contributed by atoms with Crippen molar-refractivity contribution in [3.8, 4) is 5.75 Å². The van der Waals surface area contributed by atoms with E-state index >= 15 is 0 Å². The fourth-order valence-corrected chi connectivity index (χ4v) is 1.61. The third kappa shape index (κ3) is 4.24. The predicted octanol–water partition coefficient (Wildman–Crippen LogP) is 2.65. The number of rotatable bonds is 6.